The van der Waals surface area contributed by atoms with Crippen LogP contribution in [-0.2, 0) is 6.54 Å². The largest absolute Gasteiger partial charge is 0.369 e. The first-order chi connectivity index (χ1) is 12.4. The minimum Gasteiger partial charge on any atom is -0.369 e. The van der Waals surface area contributed by atoms with Crippen LogP contribution in [0.5, 0.6) is 0 Å². The molecule has 1 N–H and O–H groups in total. The molecule has 0 radical (unpaired) electrons. The van der Waals surface area contributed by atoms with Crippen LogP contribution in [0, 0.1) is 0 Å². The number of benzene rings is 1. The van der Waals surface area contributed by atoms with Crippen LogP contribution in [0.2, 0.25) is 0 Å². The third kappa shape index (κ3) is 3.32. The van der Waals surface area contributed by atoms with Crippen LogP contribution in [0.1, 0.15) is 12.8 Å². The monoisotopic (exact) mass is 334 g/mol. The molecule has 0 saturated carbocycles. The van der Waals surface area contributed by atoms with E-state index in [0.29, 0.717) is 0 Å². The summed E-state index contributed by atoms with van der Waals surface area (Å²) in [5.41, 5.74) is 1.78. The molecule has 0 saturated heterocycles. The van der Waals surface area contributed by atoms with E-state index in [0.717, 1.165) is 48.5 Å². The Morgan fingerprint density at radius 1 is 0.960 bits per heavy atom. The highest BCUT2D eigenvalue weighted by Gasteiger charge is 2.10. The number of rotatable bonds is 7. The van der Waals surface area contributed by atoms with Crippen LogP contribution in [0.15, 0.2) is 55.5 Å². The zero-order valence-corrected chi connectivity index (χ0v) is 13.7. The van der Waals surface area contributed by atoms with E-state index in [4.69, 9.17) is 0 Å². The second-order valence-electron chi connectivity index (χ2n) is 5.69. The van der Waals surface area contributed by atoms with Crippen molar-refractivity contribution in [2.75, 3.05) is 11.9 Å². The number of anilines is 1. The highest BCUT2D eigenvalue weighted by molar-refractivity contribution is 5.87. The average molecular weight is 334 g/mol. The first-order valence-corrected chi connectivity index (χ1v) is 8.22. The van der Waals surface area contributed by atoms with E-state index in [2.05, 4.69) is 30.6 Å². The van der Waals surface area contributed by atoms with E-state index in [1.165, 1.54) is 0 Å². The normalized spacial score (nSPS) is 11.0. The smallest absolute Gasteiger partial charge is 0.168 e. The molecule has 3 heterocycles. The molecular formula is C17H18N8. The molecule has 0 fully saturated rings. The van der Waals surface area contributed by atoms with Crippen molar-refractivity contribution in [2.24, 2.45) is 0 Å². The van der Waals surface area contributed by atoms with Gasteiger partial charge in [0.25, 0.3) is 0 Å². The topological polar surface area (TPSA) is 86.3 Å². The minimum atomic E-state index is 0.799. The number of aromatic nitrogens is 7. The SMILES string of the molecule is c1ccc(-n2ncc3c(NCCCCn4cnnc4)ncnc32)cc1. The van der Waals surface area contributed by atoms with E-state index in [9.17, 15) is 0 Å². The second-order valence-corrected chi connectivity index (χ2v) is 5.69. The number of hydrogen-bond donors (Lipinski definition) is 1. The van der Waals surface area contributed by atoms with Crippen LogP contribution >= 0.6 is 0 Å². The van der Waals surface area contributed by atoms with Gasteiger partial charge in [0.15, 0.2) is 5.65 Å². The predicted molar refractivity (Wildman–Crippen MR) is 94.4 cm³/mol. The Morgan fingerprint density at radius 3 is 2.64 bits per heavy atom. The van der Waals surface area contributed by atoms with Gasteiger partial charge < -0.3 is 9.88 Å². The Labute approximate surface area is 144 Å². The average Bonchev–Trinajstić information content (AvgIpc) is 3.32. The van der Waals surface area contributed by atoms with Crippen molar-refractivity contribution in [1.29, 1.82) is 0 Å². The Kier molecular flexibility index (Phi) is 4.32. The van der Waals surface area contributed by atoms with Gasteiger partial charge in [-0.3, -0.25) is 0 Å². The first-order valence-electron chi connectivity index (χ1n) is 8.22. The zero-order chi connectivity index (χ0) is 16.9. The van der Waals surface area contributed by atoms with Crippen LogP contribution < -0.4 is 5.32 Å². The van der Waals surface area contributed by atoms with Crippen molar-refractivity contribution in [3.8, 4) is 5.69 Å². The molecule has 8 nitrogen and oxygen atoms in total. The Balaban J connectivity index is 1.43. The lowest BCUT2D eigenvalue weighted by Gasteiger charge is -2.07. The summed E-state index contributed by atoms with van der Waals surface area (Å²) in [5, 5.41) is 16.4. The lowest BCUT2D eigenvalue weighted by atomic mass is 10.3. The minimum absolute atomic E-state index is 0.799. The van der Waals surface area contributed by atoms with E-state index < -0.39 is 0 Å². The molecule has 0 aliphatic carbocycles. The van der Waals surface area contributed by atoms with Crippen molar-refractivity contribution in [1.82, 2.24) is 34.5 Å². The predicted octanol–water partition coefficient (Wildman–Crippen LogP) is 2.30. The van der Waals surface area contributed by atoms with Crippen molar-refractivity contribution < 1.29 is 0 Å². The summed E-state index contributed by atoms with van der Waals surface area (Å²) in [4.78, 5) is 8.75. The standard InChI is InChI=1S/C17H18N8/c1-2-6-14(7-3-1)25-17-15(10-23-25)16(19-11-20-17)18-8-4-5-9-24-12-21-22-13-24/h1-3,6-7,10-13H,4-5,8-9H2,(H,18,19,20). The molecule has 4 rings (SSSR count). The molecule has 0 atom stereocenters. The van der Waals surface area contributed by atoms with Crippen molar-refractivity contribution in [2.45, 2.75) is 19.4 Å². The number of hydrogen-bond acceptors (Lipinski definition) is 6. The number of para-hydroxylation sites is 1. The van der Waals surface area contributed by atoms with Gasteiger partial charge in [-0.05, 0) is 25.0 Å². The summed E-state index contributed by atoms with van der Waals surface area (Å²) in [7, 11) is 0. The fraction of sp³-hybridized carbons (Fsp3) is 0.235. The van der Waals surface area contributed by atoms with Crippen molar-refractivity contribution in [3.63, 3.8) is 0 Å². The van der Waals surface area contributed by atoms with Crippen LogP contribution in [0.4, 0.5) is 5.82 Å². The fourth-order valence-electron chi connectivity index (χ4n) is 2.71. The summed E-state index contributed by atoms with van der Waals surface area (Å²) >= 11 is 0. The molecule has 0 bridgehead atoms. The molecule has 0 aliphatic heterocycles. The molecule has 0 unspecified atom stereocenters. The van der Waals surface area contributed by atoms with Crippen LogP contribution in [0.25, 0.3) is 16.7 Å². The summed E-state index contributed by atoms with van der Waals surface area (Å²) in [6, 6.07) is 9.97. The molecular weight excluding hydrogens is 316 g/mol. The summed E-state index contributed by atoms with van der Waals surface area (Å²) in [6.45, 7) is 1.75. The van der Waals surface area contributed by atoms with Gasteiger partial charge in [0.2, 0.25) is 0 Å². The summed E-state index contributed by atoms with van der Waals surface area (Å²) < 4.78 is 3.81. The quantitative estimate of drug-likeness (QED) is 0.522. The molecule has 4 aromatic rings. The van der Waals surface area contributed by atoms with Gasteiger partial charge in [-0.15, -0.1) is 10.2 Å². The number of nitrogens with zero attached hydrogens (tertiary/aromatic N) is 7. The number of aryl methyl sites for hydroxylation is 1. The molecule has 0 amide bonds. The molecule has 8 heteroatoms. The van der Waals surface area contributed by atoms with E-state index in [-0.39, 0.29) is 0 Å². The molecule has 1 aromatic carbocycles. The highest BCUT2D eigenvalue weighted by Crippen LogP contribution is 2.21. The molecule has 0 aliphatic rings. The number of unbranched alkanes of at least 4 members (excludes halogenated alkanes) is 1. The Morgan fingerprint density at radius 2 is 1.80 bits per heavy atom. The molecule has 126 valence electrons. The second kappa shape index (κ2) is 7.08. The maximum atomic E-state index is 4.46. The first kappa shape index (κ1) is 15.3. The van der Waals surface area contributed by atoms with Crippen LogP contribution in [-0.4, -0.2) is 41.1 Å². The maximum absolute atomic E-state index is 4.46. The number of fused-ring (bicyclic) bond motifs is 1. The Bertz CT molecular complexity index is 930. The van der Waals surface area contributed by atoms with Gasteiger partial charge in [-0.2, -0.15) is 5.10 Å². The van der Waals surface area contributed by atoms with E-state index in [1.807, 2.05) is 45.8 Å². The van der Waals surface area contributed by atoms with Gasteiger partial charge in [0.1, 0.15) is 24.8 Å². The third-order valence-corrected chi connectivity index (χ3v) is 3.97. The van der Waals surface area contributed by atoms with Gasteiger partial charge in [-0.25, -0.2) is 14.6 Å². The summed E-state index contributed by atoms with van der Waals surface area (Å²) in [5.74, 6) is 0.816. The van der Waals surface area contributed by atoms with Gasteiger partial charge in [0.05, 0.1) is 17.3 Å². The molecule has 25 heavy (non-hydrogen) atoms. The van der Waals surface area contributed by atoms with Crippen LogP contribution in [0.3, 0.4) is 0 Å². The van der Waals surface area contributed by atoms with Crippen molar-refractivity contribution in [3.05, 3.63) is 55.5 Å². The zero-order valence-electron chi connectivity index (χ0n) is 13.7. The number of nitrogens with one attached hydrogen (secondary N) is 1. The third-order valence-electron chi connectivity index (χ3n) is 3.97. The van der Waals surface area contributed by atoms with Gasteiger partial charge in [-0.1, -0.05) is 18.2 Å². The molecule has 3 aromatic heterocycles. The lowest BCUT2D eigenvalue weighted by Crippen LogP contribution is -2.06. The lowest BCUT2D eigenvalue weighted by molar-refractivity contribution is 0.619. The summed E-state index contributed by atoms with van der Waals surface area (Å²) in [6.07, 6.45) is 8.92. The van der Waals surface area contributed by atoms with Gasteiger partial charge in [0, 0.05) is 13.1 Å². The van der Waals surface area contributed by atoms with E-state index >= 15 is 0 Å². The molecule has 0 spiro atoms. The fourth-order valence-corrected chi connectivity index (χ4v) is 2.71. The van der Waals surface area contributed by atoms with E-state index in [1.54, 1.807) is 19.0 Å². The highest BCUT2D eigenvalue weighted by atomic mass is 15.3. The van der Waals surface area contributed by atoms with Crippen molar-refractivity contribution >= 4 is 16.9 Å². The van der Waals surface area contributed by atoms with Gasteiger partial charge >= 0.3 is 0 Å². The Hall–Kier alpha value is -3.29. The maximum Gasteiger partial charge on any atom is 0.168 e.